The molecular formula is C17H27N. The van der Waals surface area contributed by atoms with Crippen molar-refractivity contribution in [2.45, 2.75) is 59.4 Å². The van der Waals surface area contributed by atoms with Gasteiger partial charge in [0.25, 0.3) is 0 Å². The van der Waals surface area contributed by atoms with Gasteiger partial charge in [0.05, 0.1) is 0 Å². The molecular weight excluding hydrogens is 218 g/mol. The Balaban J connectivity index is 1.90. The molecule has 0 radical (unpaired) electrons. The van der Waals surface area contributed by atoms with Crippen molar-refractivity contribution in [3.05, 3.63) is 34.4 Å². The summed E-state index contributed by atoms with van der Waals surface area (Å²) < 4.78 is 0. The van der Waals surface area contributed by atoms with Crippen LogP contribution in [0, 0.1) is 26.7 Å². The molecule has 1 aliphatic carbocycles. The van der Waals surface area contributed by atoms with Crippen molar-refractivity contribution >= 4 is 0 Å². The third kappa shape index (κ3) is 3.14. The second-order valence-electron chi connectivity index (χ2n) is 6.05. The van der Waals surface area contributed by atoms with Crippen molar-refractivity contribution < 1.29 is 0 Å². The fourth-order valence-corrected chi connectivity index (χ4v) is 2.84. The summed E-state index contributed by atoms with van der Waals surface area (Å²) in [6.45, 7) is 10.1. The van der Waals surface area contributed by atoms with Gasteiger partial charge < -0.3 is 5.32 Å². The Kier molecular flexibility index (Phi) is 4.45. The van der Waals surface area contributed by atoms with E-state index in [1.807, 2.05) is 0 Å². The summed E-state index contributed by atoms with van der Waals surface area (Å²) in [5.41, 5.74) is 5.69. The van der Waals surface area contributed by atoms with Crippen LogP contribution >= 0.6 is 0 Å². The van der Waals surface area contributed by atoms with Gasteiger partial charge in [-0.25, -0.2) is 0 Å². The van der Waals surface area contributed by atoms with Gasteiger partial charge in [0, 0.05) is 6.04 Å². The molecule has 0 spiro atoms. The Bertz CT molecular complexity index is 404. The first-order chi connectivity index (χ1) is 8.58. The van der Waals surface area contributed by atoms with Gasteiger partial charge in [-0.1, -0.05) is 31.4 Å². The summed E-state index contributed by atoms with van der Waals surface area (Å²) >= 11 is 0. The van der Waals surface area contributed by atoms with Gasteiger partial charge in [0.15, 0.2) is 0 Å². The number of hydrogen-bond acceptors (Lipinski definition) is 1. The van der Waals surface area contributed by atoms with E-state index < -0.39 is 0 Å². The normalized spacial score (nSPS) is 17.6. The van der Waals surface area contributed by atoms with Gasteiger partial charge in [0.1, 0.15) is 0 Å². The molecule has 0 aromatic heterocycles. The Morgan fingerprint density at radius 2 is 1.78 bits per heavy atom. The van der Waals surface area contributed by atoms with Crippen LogP contribution in [0.3, 0.4) is 0 Å². The smallest absolute Gasteiger partial charge is 0.0294 e. The lowest BCUT2D eigenvalue weighted by atomic mass is 9.83. The lowest BCUT2D eigenvalue weighted by molar-refractivity contribution is 0.288. The van der Waals surface area contributed by atoms with Crippen molar-refractivity contribution in [3.63, 3.8) is 0 Å². The molecule has 1 heteroatoms. The van der Waals surface area contributed by atoms with Gasteiger partial charge >= 0.3 is 0 Å². The maximum atomic E-state index is 3.69. The van der Waals surface area contributed by atoms with E-state index in [0.29, 0.717) is 6.04 Å². The molecule has 2 rings (SSSR count). The molecule has 0 saturated heterocycles. The van der Waals surface area contributed by atoms with Gasteiger partial charge in [-0.15, -0.1) is 0 Å². The number of rotatable bonds is 5. The molecule has 18 heavy (non-hydrogen) atoms. The predicted octanol–water partition coefficient (Wildman–Crippen LogP) is 4.45. The summed E-state index contributed by atoms with van der Waals surface area (Å²) in [6, 6.07) is 5.14. The monoisotopic (exact) mass is 245 g/mol. The maximum Gasteiger partial charge on any atom is 0.0294 e. The highest BCUT2D eigenvalue weighted by Crippen LogP contribution is 2.29. The Morgan fingerprint density at radius 1 is 1.11 bits per heavy atom. The molecule has 1 fully saturated rings. The van der Waals surface area contributed by atoms with Crippen molar-refractivity contribution in [2.75, 3.05) is 6.54 Å². The van der Waals surface area contributed by atoms with E-state index >= 15 is 0 Å². The topological polar surface area (TPSA) is 12.0 Å². The summed E-state index contributed by atoms with van der Waals surface area (Å²) in [6.07, 6.45) is 5.72. The van der Waals surface area contributed by atoms with Crippen LogP contribution < -0.4 is 5.32 Å². The van der Waals surface area contributed by atoms with Crippen LogP contribution in [0.4, 0.5) is 0 Å². The first-order valence-electron chi connectivity index (χ1n) is 7.39. The largest absolute Gasteiger partial charge is 0.310 e. The SMILES string of the molecule is Cc1cc(C)c(C(C)NCCC2CCC2)cc1C. The summed E-state index contributed by atoms with van der Waals surface area (Å²) in [7, 11) is 0. The third-order valence-electron chi connectivity index (χ3n) is 4.58. The zero-order valence-electron chi connectivity index (χ0n) is 12.3. The first-order valence-corrected chi connectivity index (χ1v) is 7.39. The number of aryl methyl sites for hydroxylation is 3. The first kappa shape index (κ1) is 13.6. The highest BCUT2D eigenvalue weighted by molar-refractivity contribution is 5.37. The second-order valence-corrected chi connectivity index (χ2v) is 6.05. The fraction of sp³-hybridized carbons (Fsp3) is 0.647. The third-order valence-corrected chi connectivity index (χ3v) is 4.58. The predicted molar refractivity (Wildman–Crippen MR) is 79.0 cm³/mol. The minimum absolute atomic E-state index is 0.476. The van der Waals surface area contributed by atoms with Crippen LogP contribution in [0.5, 0.6) is 0 Å². The highest BCUT2D eigenvalue weighted by atomic mass is 14.9. The molecule has 0 amide bonds. The molecule has 1 saturated carbocycles. The van der Waals surface area contributed by atoms with Crippen LogP contribution in [0.15, 0.2) is 12.1 Å². The maximum absolute atomic E-state index is 3.69. The molecule has 0 heterocycles. The number of nitrogens with one attached hydrogen (secondary N) is 1. The van der Waals surface area contributed by atoms with E-state index in [4.69, 9.17) is 0 Å². The van der Waals surface area contributed by atoms with Crippen LogP contribution in [0.25, 0.3) is 0 Å². The van der Waals surface area contributed by atoms with E-state index in [-0.39, 0.29) is 0 Å². The second kappa shape index (κ2) is 5.88. The number of hydrogen-bond donors (Lipinski definition) is 1. The van der Waals surface area contributed by atoms with Crippen LogP contribution in [0.2, 0.25) is 0 Å². The standard InChI is InChI=1S/C17H27N/c1-12-10-14(3)17(11-13(12)2)15(4)18-9-8-16-6-5-7-16/h10-11,15-16,18H,5-9H2,1-4H3. The average Bonchev–Trinajstić information content (AvgIpc) is 2.26. The van der Waals surface area contributed by atoms with Crippen LogP contribution in [0.1, 0.15) is 60.9 Å². The van der Waals surface area contributed by atoms with Crippen molar-refractivity contribution in [3.8, 4) is 0 Å². The Morgan fingerprint density at radius 3 is 2.39 bits per heavy atom. The molecule has 0 aliphatic heterocycles. The Hall–Kier alpha value is -0.820. The van der Waals surface area contributed by atoms with Gasteiger partial charge in [-0.05, 0) is 68.8 Å². The minimum Gasteiger partial charge on any atom is -0.310 e. The van der Waals surface area contributed by atoms with E-state index in [0.717, 1.165) is 12.5 Å². The molecule has 1 atom stereocenters. The van der Waals surface area contributed by atoms with Crippen LogP contribution in [-0.2, 0) is 0 Å². The zero-order valence-corrected chi connectivity index (χ0v) is 12.3. The minimum atomic E-state index is 0.476. The number of benzene rings is 1. The molecule has 1 aromatic carbocycles. The molecule has 1 N–H and O–H groups in total. The van der Waals surface area contributed by atoms with E-state index in [1.54, 1.807) is 0 Å². The molecule has 1 unspecified atom stereocenters. The lowest BCUT2D eigenvalue weighted by Gasteiger charge is -2.26. The van der Waals surface area contributed by atoms with Gasteiger partial charge in [-0.3, -0.25) is 0 Å². The van der Waals surface area contributed by atoms with E-state index in [1.165, 1.54) is 47.9 Å². The quantitative estimate of drug-likeness (QED) is 0.808. The Labute approximate surface area is 112 Å². The molecule has 1 nitrogen and oxygen atoms in total. The average molecular weight is 245 g/mol. The lowest BCUT2D eigenvalue weighted by Crippen LogP contribution is -2.24. The van der Waals surface area contributed by atoms with Crippen molar-refractivity contribution in [1.29, 1.82) is 0 Å². The van der Waals surface area contributed by atoms with Crippen LogP contribution in [-0.4, -0.2) is 6.54 Å². The summed E-state index contributed by atoms with van der Waals surface area (Å²) in [5, 5.41) is 3.69. The van der Waals surface area contributed by atoms with Gasteiger partial charge in [0.2, 0.25) is 0 Å². The van der Waals surface area contributed by atoms with Crippen molar-refractivity contribution in [2.24, 2.45) is 5.92 Å². The van der Waals surface area contributed by atoms with E-state index in [9.17, 15) is 0 Å². The molecule has 1 aromatic rings. The molecule has 1 aliphatic rings. The summed E-state index contributed by atoms with van der Waals surface area (Å²) in [4.78, 5) is 0. The highest BCUT2D eigenvalue weighted by Gasteiger charge is 2.17. The van der Waals surface area contributed by atoms with E-state index in [2.05, 4.69) is 45.1 Å². The van der Waals surface area contributed by atoms with Gasteiger partial charge in [-0.2, -0.15) is 0 Å². The zero-order chi connectivity index (χ0) is 13.1. The molecule has 0 bridgehead atoms. The fourth-order valence-electron chi connectivity index (χ4n) is 2.84. The molecule has 100 valence electrons. The summed E-state index contributed by atoms with van der Waals surface area (Å²) in [5.74, 6) is 1.01. The van der Waals surface area contributed by atoms with Crippen molar-refractivity contribution in [1.82, 2.24) is 5.32 Å².